The van der Waals surface area contributed by atoms with Crippen molar-refractivity contribution in [2.75, 3.05) is 20.2 Å². The second kappa shape index (κ2) is 10.0. The number of aromatic nitrogens is 2. The minimum atomic E-state index is -1.02. The van der Waals surface area contributed by atoms with Gasteiger partial charge in [-0.05, 0) is 64.8 Å². The smallest absolute Gasteiger partial charge is 0.410 e. The van der Waals surface area contributed by atoms with Crippen molar-refractivity contribution in [3.8, 4) is 22.7 Å². The number of likely N-dealkylation sites (tertiary alicyclic amines) is 1. The van der Waals surface area contributed by atoms with E-state index in [9.17, 15) is 14.7 Å². The molecule has 1 N–H and O–H groups in total. The highest BCUT2D eigenvalue weighted by Crippen LogP contribution is 2.37. The number of hydrogen-bond acceptors (Lipinski definition) is 5. The fraction of sp³-hybridized carbons (Fsp3) is 0.393. The van der Waals surface area contributed by atoms with Crippen LogP contribution >= 0.6 is 0 Å². The number of rotatable bonds is 5. The fourth-order valence-corrected chi connectivity index (χ4v) is 4.48. The lowest BCUT2D eigenvalue weighted by atomic mass is 9.90. The monoisotopic (exact) mass is 491 g/mol. The van der Waals surface area contributed by atoms with E-state index < -0.39 is 11.6 Å². The first kappa shape index (κ1) is 25.3. The van der Waals surface area contributed by atoms with Gasteiger partial charge in [0.05, 0.1) is 24.2 Å². The zero-order chi connectivity index (χ0) is 26.0. The average molecular weight is 492 g/mol. The van der Waals surface area contributed by atoms with Crippen molar-refractivity contribution in [1.29, 1.82) is 0 Å². The number of carboxylic acids is 1. The van der Waals surface area contributed by atoms with Crippen molar-refractivity contribution in [3.05, 3.63) is 65.4 Å². The molecule has 0 unspecified atom stereocenters. The summed E-state index contributed by atoms with van der Waals surface area (Å²) in [7, 11) is 1.60. The van der Waals surface area contributed by atoms with E-state index in [2.05, 4.69) is 0 Å². The molecule has 3 aromatic rings. The van der Waals surface area contributed by atoms with Crippen LogP contribution in [0.3, 0.4) is 0 Å². The molecule has 0 spiro atoms. The molecule has 1 fully saturated rings. The summed E-state index contributed by atoms with van der Waals surface area (Å²) < 4.78 is 12.5. The van der Waals surface area contributed by atoms with Crippen LogP contribution in [0.4, 0.5) is 4.79 Å². The van der Waals surface area contributed by atoms with Crippen LogP contribution in [-0.4, -0.2) is 57.6 Å². The molecule has 8 nitrogen and oxygen atoms in total. The van der Waals surface area contributed by atoms with Crippen LogP contribution in [0.5, 0.6) is 5.75 Å². The Bertz CT molecular complexity index is 1230. The summed E-state index contributed by atoms with van der Waals surface area (Å²) in [4.78, 5) is 26.8. The Morgan fingerprint density at radius 1 is 1.00 bits per heavy atom. The summed E-state index contributed by atoms with van der Waals surface area (Å²) in [6.45, 7) is 8.48. The Kier molecular flexibility index (Phi) is 7.06. The molecule has 2 heterocycles. The SMILES string of the molecule is COc1ccc(-n2nc(C3CCN(C(=O)OC(C)(C)C)CC3)c(C(=O)O)c2-c2ccc(C)cc2)cc1. The van der Waals surface area contributed by atoms with Crippen molar-refractivity contribution in [2.45, 2.75) is 52.1 Å². The quantitative estimate of drug-likeness (QED) is 0.494. The molecule has 1 saturated heterocycles. The standard InChI is InChI=1S/C28H33N3O5/c1-18-6-8-20(9-7-18)25-23(26(32)33)24(29-31(25)21-10-12-22(35-5)13-11-21)19-14-16-30(17-15-19)27(34)36-28(2,3)4/h6-13,19H,14-17H2,1-5H3,(H,32,33). The summed E-state index contributed by atoms with van der Waals surface area (Å²) in [6.07, 6.45) is 0.863. The van der Waals surface area contributed by atoms with Crippen LogP contribution in [0.25, 0.3) is 16.9 Å². The van der Waals surface area contributed by atoms with Gasteiger partial charge in [0.15, 0.2) is 0 Å². The van der Waals surface area contributed by atoms with Crippen molar-refractivity contribution >= 4 is 12.1 Å². The first-order chi connectivity index (χ1) is 17.1. The maximum absolute atomic E-state index is 12.6. The molecule has 0 atom stereocenters. The summed E-state index contributed by atoms with van der Waals surface area (Å²) in [5, 5.41) is 15.2. The van der Waals surface area contributed by atoms with Crippen molar-refractivity contribution in [1.82, 2.24) is 14.7 Å². The largest absolute Gasteiger partial charge is 0.497 e. The number of ether oxygens (including phenoxy) is 2. The van der Waals surface area contributed by atoms with E-state index >= 15 is 0 Å². The zero-order valence-electron chi connectivity index (χ0n) is 21.4. The molecule has 1 aromatic heterocycles. The van der Waals surface area contributed by atoms with Crippen LogP contribution in [0.1, 0.15) is 61.1 Å². The third kappa shape index (κ3) is 5.37. The van der Waals surface area contributed by atoms with Crippen LogP contribution in [0.15, 0.2) is 48.5 Å². The van der Waals surface area contributed by atoms with Crippen molar-refractivity contribution in [3.63, 3.8) is 0 Å². The van der Waals surface area contributed by atoms with Gasteiger partial charge >= 0.3 is 12.1 Å². The van der Waals surface area contributed by atoms with Gasteiger partial charge in [-0.15, -0.1) is 0 Å². The molecular weight excluding hydrogens is 458 g/mol. The number of amides is 1. The normalized spacial score (nSPS) is 14.5. The fourth-order valence-electron chi connectivity index (χ4n) is 4.48. The number of carboxylic acid groups (broad SMARTS) is 1. The average Bonchev–Trinajstić information content (AvgIpc) is 3.24. The summed E-state index contributed by atoms with van der Waals surface area (Å²) >= 11 is 0. The second-order valence-corrected chi connectivity index (χ2v) is 10.1. The van der Waals surface area contributed by atoms with Gasteiger partial charge in [0.25, 0.3) is 0 Å². The first-order valence-electron chi connectivity index (χ1n) is 12.1. The van der Waals surface area contributed by atoms with E-state index in [1.54, 1.807) is 16.7 Å². The van der Waals surface area contributed by atoms with Gasteiger partial charge in [0.1, 0.15) is 16.9 Å². The molecule has 0 saturated carbocycles. The number of aryl methyl sites for hydroxylation is 1. The Morgan fingerprint density at radius 2 is 1.61 bits per heavy atom. The van der Waals surface area contributed by atoms with E-state index in [0.717, 1.165) is 16.8 Å². The molecule has 0 bridgehead atoms. The molecule has 0 radical (unpaired) electrons. The van der Waals surface area contributed by atoms with Gasteiger partial charge in [-0.3, -0.25) is 0 Å². The third-order valence-electron chi connectivity index (χ3n) is 6.30. The predicted octanol–water partition coefficient (Wildman–Crippen LogP) is 5.67. The van der Waals surface area contributed by atoms with E-state index in [4.69, 9.17) is 14.6 Å². The molecule has 4 rings (SSSR count). The number of benzene rings is 2. The highest BCUT2D eigenvalue weighted by atomic mass is 16.6. The summed E-state index contributed by atoms with van der Waals surface area (Å²) in [5.74, 6) is -0.413. The van der Waals surface area contributed by atoms with E-state index in [-0.39, 0.29) is 17.6 Å². The number of carbonyl (C=O) groups excluding carboxylic acids is 1. The van der Waals surface area contributed by atoms with E-state index in [0.29, 0.717) is 43.1 Å². The van der Waals surface area contributed by atoms with Gasteiger partial charge in [-0.1, -0.05) is 29.8 Å². The summed E-state index contributed by atoms with van der Waals surface area (Å²) in [6, 6.07) is 15.2. The van der Waals surface area contributed by atoms with Crippen molar-refractivity contribution in [2.24, 2.45) is 0 Å². The molecule has 2 aromatic carbocycles. The van der Waals surface area contributed by atoms with E-state index in [1.165, 1.54) is 0 Å². The van der Waals surface area contributed by atoms with E-state index in [1.807, 2.05) is 76.2 Å². The van der Waals surface area contributed by atoms with Crippen LogP contribution in [0, 0.1) is 6.92 Å². The molecule has 1 aliphatic rings. The number of nitrogens with zero attached hydrogens (tertiary/aromatic N) is 3. The molecule has 1 aliphatic heterocycles. The lowest BCUT2D eigenvalue weighted by molar-refractivity contribution is 0.0203. The number of carbonyl (C=O) groups is 2. The lowest BCUT2D eigenvalue weighted by Crippen LogP contribution is -2.41. The van der Waals surface area contributed by atoms with Gasteiger partial charge in [-0.25, -0.2) is 14.3 Å². The van der Waals surface area contributed by atoms with Gasteiger partial charge in [-0.2, -0.15) is 5.10 Å². The Morgan fingerprint density at radius 3 is 2.14 bits per heavy atom. The maximum atomic E-state index is 12.6. The zero-order valence-corrected chi connectivity index (χ0v) is 21.4. The van der Waals surface area contributed by atoms with Crippen LogP contribution in [-0.2, 0) is 4.74 Å². The first-order valence-corrected chi connectivity index (χ1v) is 12.1. The lowest BCUT2D eigenvalue weighted by Gasteiger charge is -2.33. The molecule has 0 aliphatic carbocycles. The number of piperidine rings is 1. The molecular formula is C28H33N3O5. The molecule has 8 heteroatoms. The predicted molar refractivity (Wildman–Crippen MR) is 137 cm³/mol. The number of aromatic carboxylic acids is 1. The Hall–Kier alpha value is -3.81. The van der Waals surface area contributed by atoms with Crippen LogP contribution < -0.4 is 4.74 Å². The van der Waals surface area contributed by atoms with Crippen LogP contribution in [0.2, 0.25) is 0 Å². The maximum Gasteiger partial charge on any atom is 0.410 e. The second-order valence-electron chi connectivity index (χ2n) is 10.1. The molecule has 190 valence electrons. The Balaban J connectivity index is 1.74. The van der Waals surface area contributed by atoms with Gasteiger partial charge < -0.3 is 19.5 Å². The minimum Gasteiger partial charge on any atom is -0.497 e. The third-order valence-corrected chi connectivity index (χ3v) is 6.30. The Labute approximate surface area is 211 Å². The summed E-state index contributed by atoms with van der Waals surface area (Å²) in [5.41, 5.74) is 3.32. The van der Waals surface area contributed by atoms with Gasteiger partial charge in [0.2, 0.25) is 0 Å². The number of methoxy groups -OCH3 is 1. The minimum absolute atomic E-state index is 0.0986. The molecule has 1 amide bonds. The number of hydrogen-bond donors (Lipinski definition) is 1. The highest BCUT2D eigenvalue weighted by molar-refractivity contribution is 5.97. The topological polar surface area (TPSA) is 93.9 Å². The van der Waals surface area contributed by atoms with Gasteiger partial charge in [0, 0.05) is 24.6 Å². The van der Waals surface area contributed by atoms with Crippen molar-refractivity contribution < 1.29 is 24.2 Å². The molecule has 36 heavy (non-hydrogen) atoms. The highest BCUT2D eigenvalue weighted by Gasteiger charge is 2.34.